The number of hydrogen-bond donors (Lipinski definition) is 0. The molecule has 0 amide bonds. The van der Waals surface area contributed by atoms with Crippen molar-refractivity contribution < 1.29 is 34.8 Å². The SMILES string of the molecule is [N-]=[N+]=C(S(=O)(=O)CC=CC1CCCC1)S(=O)(=O)CC=CC(F)(F)F. The van der Waals surface area contributed by atoms with Crippen molar-refractivity contribution in [1.82, 2.24) is 0 Å². The number of allylic oxidation sites excluding steroid dienone is 2. The summed E-state index contributed by atoms with van der Waals surface area (Å²) >= 11 is 0. The van der Waals surface area contributed by atoms with Gasteiger partial charge in [0.15, 0.2) is 0 Å². The van der Waals surface area contributed by atoms with E-state index < -0.39 is 41.7 Å². The van der Waals surface area contributed by atoms with Crippen molar-refractivity contribution >= 4 is 24.1 Å². The Balaban J connectivity index is 2.85. The molecule has 6 nitrogen and oxygen atoms in total. The molecule has 1 rings (SSSR count). The predicted molar refractivity (Wildman–Crippen MR) is 82.5 cm³/mol. The number of alkyl halides is 3. The van der Waals surface area contributed by atoms with Crippen LogP contribution in [-0.4, -0.2) is 43.7 Å². The summed E-state index contributed by atoms with van der Waals surface area (Å²) in [6.45, 7) is 0. The Morgan fingerprint density at radius 1 is 1.04 bits per heavy atom. The second kappa shape index (κ2) is 8.09. The first-order valence-corrected chi connectivity index (χ1v) is 10.4. The maximum atomic E-state index is 12.0. The van der Waals surface area contributed by atoms with Crippen LogP contribution in [0.1, 0.15) is 25.7 Å². The van der Waals surface area contributed by atoms with E-state index >= 15 is 0 Å². The average molecular weight is 386 g/mol. The number of rotatable bonds is 5. The van der Waals surface area contributed by atoms with Crippen LogP contribution in [-0.2, 0) is 19.7 Å². The smallest absolute Gasteiger partial charge is 0.359 e. The normalized spacial score (nSPS) is 17.6. The molecule has 1 saturated carbocycles. The second-order valence-corrected chi connectivity index (χ2v) is 9.50. The van der Waals surface area contributed by atoms with E-state index in [-0.39, 0.29) is 18.1 Å². The van der Waals surface area contributed by atoms with E-state index in [1.807, 2.05) is 0 Å². The summed E-state index contributed by atoms with van der Waals surface area (Å²) in [6, 6.07) is 0. The molecule has 1 fully saturated rings. The monoisotopic (exact) mass is 386 g/mol. The van der Waals surface area contributed by atoms with Gasteiger partial charge in [0.2, 0.25) is 0 Å². The van der Waals surface area contributed by atoms with Gasteiger partial charge in [-0.15, -0.1) is 4.79 Å². The van der Waals surface area contributed by atoms with Gasteiger partial charge in [-0.3, -0.25) is 0 Å². The molecule has 0 spiro atoms. The van der Waals surface area contributed by atoms with Crippen LogP contribution in [0.3, 0.4) is 0 Å². The first-order valence-electron chi connectivity index (χ1n) is 7.06. The molecule has 0 N–H and O–H groups in total. The third-order valence-electron chi connectivity index (χ3n) is 3.36. The molecule has 0 aromatic heterocycles. The summed E-state index contributed by atoms with van der Waals surface area (Å²) in [7, 11) is -9.19. The highest BCUT2D eigenvalue weighted by atomic mass is 32.3. The molecule has 0 aromatic rings. The molecule has 0 bridgehead atoms. The fourth-order valence-electron chi connectivity index (χ4n) is 2.29. The summed E-state index contributed by atoms with van der Waals surface area (Å²) in [6.07, 6.45) is 2.03. The highest BCUT2D eigenvalue weighted by Gasteiger charge is 2.40. The lowest BCUT2D eigenvalue weighted by Crippen LogP contribution is -2.29. The Morgan fingerprint density at radius 3 is 2.00 bits per heavy atom. The first kappa shape index (κ1) is 20.6. The highest BCUT2D eigenvalue weighted by molar-refractivity contribution is 8.31. The molecule has 0 saturated heterocycles. The van der Waals surface area contributed by atoms with Gasteiger partial charge in [-0.2, -0.15) is 13.2 Å². The molecule has 0 heterocycles. The van der Waals surface area contributed by atoms with Gasteiger partial charge >= 0.3 is 10.6 Å². The Kier molecular flexibility index (Phi) is 6.94. The summed E-state index contributed by atoms with van der Waals surface area (Å²) in [5.74, 6) is -1.72. The highest BCUT2D eigenvalue weighted by Crippen LogP contribution is 2.25. The van der Waals surface area contributed by atoms with Gasteiger partial charge in [-0.25, -0.2) is 16.8 Å². The minimum absolute atomic E-state index is 0.223. The molecule has 0 aliphatic heterocycles. The maximum Gasteiger partial charge on any atom is 0.495 e. The van der Waals surface area contributed by atoms with Gasteiger partial charge in [-0.1, -0.05) is 31.1 Å². The van der Waals surface area contributed by atoms with E-state index in [0.29, 0.717) is 0 Å². The molecule has 11 heteroatoms. The molecule has 24 heavy (non-hydrogen) atoms. The lowest BCUT2D eigenvalue weighted by molar-refractivity contribution is -0.0799. The predicted octanol–water partition coefficient (Wildman–Crippen LogP) is 2.27. The van der Waals surface area contributed by atoms with E-state index in [1.54, 1.807) is 6.08 Å². The largest absolute Gasteiger partial charge is 0.495 e. The van der Waals surface area contributed by atoms with Crippen LogP contribution in [0, 0.1) is 5.92 Å². The van der Waals surface area contributed by atoms with Crippen molar-refractivity contribution in [2.45, 2.75) is 31.9 Å². The molecular weight excluding hydrogens is 369 g/mol. The molecule has 1 aliphatic carbocycles. The van der Waals surface area contributed by atoms with Gasteiger partial charge in [-0.05, 0) is 18.8 Å². The van der Waals surface area contributed by atoms with E-state index in [4.69, 9.17) is 5.53 Å². The summed E-state index contributed by atoms with van der Waals surface area (Å²) in [5.41, 5.74) is 8.73. The van der Waals surface area contributed by atoms with Gasteiger partial charge < -0.3 is 5.53 Å². The van der Waals surface area contributed by atoms with Crippen LogP contribution < -0.4 is 0 Å². The van der Waals surface area contributed by atoms with Crippen molar-refractivity contribution in [3.05, 3.63) is 29.8 Å². The molecule has 0 radical (unpaired) electrons. The third kappa shape index (κ3) is 6.58. The summed E-state index contributed by atoms with van der Waals surface area (Å²) in [4.78, 5) is 2.29. The molecule has 136 valence electrons. The van der Waals surface area contributed by atoms with Crippen molar-refractivity contribution in [2.24, 2.45) is 5.92 Å². The summed E-state index contributed by atoms with van der Waals surface area (Å²) < 4.78 is 81.9. The van der Waals surface area contributed by atoms with Gasteiger partial charge in [0.25, 0.3) is 19.7 Å². The van der Waals surface area contributed by atoms with Crippen LogP contribution in [0.5, 0.6) is 0 Å². The Hall–Kier alpha value is -1.45. The Labute approximate surface area is 138 Å². The maximum absolute atomic E-state index is 12.0. The fourth-order valence-corrected chi connectivity index (χ4v) is 5.50. The standard InChI is InChI=1S/C13H17F3N2O4S2/c14-13(15,16)8-4-10-24(21,22)12(18-17)23(19,20)9-3-7-11-5-1-2-6-11/h3-4,7-8,11H,1-2,5-6,9-10H2. The van der Waals surface area contributed by atoms with Crippen molar-refractivity contribution in [2.75, 3.05) is 11.5 Å². The molecule has 0 atom stereocenters. The number of halogens is 3. The zero-order chi connectivity index (χ0) is 18.4. The van der Waals surface area contributed by atoms with Crippen LogP contribution in [0.15, 0.2) is 24.3 Å². The lowest BCUT2D eigenvalue weighted by atomic mass is 10.1. The van der Waals surface area contributed by atoms with Crippen molar-refractivity contribution in [3.8, 4) is 0 Å². The lowest BCUT2D eigenvalue weighted by Gasteiger charge is -2.01. The van der Waals surface area contributed by atoms with Gasteiger partial charge in [0.1, 0.15) is 0 Å². The topological polar surface area (TPSA) is 105 Å². The van der Waals surface area contributed by atoms with Crippen molar-refractivity contribution in [3.63, 3.8) is 0 Å². The molecule has 0 aromatic carbocycles. The van der Waals surface area contributed by atoms with Crippen LogP contribution in [0.4, 0.5) is 13.2 Å². The van der Waals surface area contributed by atoms with Gasteiger partial charge in [0, 0.05) is 6.08 Å². The van der Waals surface area contributed by atoms with Crippen molar-refractivity contribution in [1.29, 1.82) is 0 Å². The second-order valence-electron chi connectivity index (χ2n) is 5.35. The molecular formula is C13H17F3N2O4S2. The van der Waals surface area contributed by atoms with E-state index in [1.165, 1.54) is 6.08 Å². The van der Waals surface area contributed by atoms with Crippen LogP contribution >= 0.6 is 0 Å². The zero-order valence-electron chi connectivity index (χ0n) is 12.6. The Bertz CT molecular complexity index is 756. The first-order chi connectivity index (χ1) is 11.0. The van der Waals surface area contributed by atoms with E-state index in [0.717, 1.165) is 25.7 Å². The Morgan fingerprint density at radius 2 is 1.54 bits per heavy atom. The van der Waals surface area contributed by atoms with E-state index in [2.05, 4.69) is 4.79 Å². The van der Waals surface area contributed by atoms with Crippen LogP contribution in [0.25, 0.3) is 5.53 Å². The van der Waals surface area contributed by atoms with Gasteiger partial charge in [0.05, 0.1) is 11.5 Å². The minimum Gasteiger partial charge on any atom is -0.359 e. The average Bonchev–Trinajstić information content (AvgIpc) is 2.89. The minimum atomic E-state index is -4.73. The number of nitrogens with zero attached hydrogens (tertiary/aromatic N) is 2. The number of hydrogen-bond acceptors (Lipinski definition) is 4. The zero-order valence-corrected chi connectivity index (χ0v) is 14.2. The number of sulfone groups is 2. The van der Waals surface area contributed by atoms with E-state index in [9.17, 15) is 30.0 Å². The molecule has 1 aliphatic rings. The fraction of sp³-hybridized carbons (Fsp3) is 0.615. The summed E-state index contributed by atoms with van der Waals surface area (Å²) in [5, 5.41) is 0. The molecule has 0 unspecified atom stereocenters. The quantitative estimate of drug-likeness (QED) is 0.238. The third-order valence-corrected chi connectivity index (χ3v) is 7.37. The van der Waals surface area contributed by atoms with Crippen LogP contribution in [0.2, 0.25) is 0 Å².